The Bertz CT molecular complexity index is 714. The first-order chi connectivity index (χ1) is 10.8. The Balaban J connectivity index is 1.67. The molecule has 1 aromatic carbocycles. The summed E-state index contributed by atoms with van der Waals surface area (Å²) < 4.78 is 8.41. The average molecular weight is 381 g/mol. The first kappa shape index (κ1) is 16.2. The second-order valence-electron chi connectivity index (χ2n) is 6.87. The lowest BCUT2D eigenvalue weighted by atomic mass is 10.1. The molecule has 0 N–H and O–H groups in total. The van der Waals surface area contributed by atoms with Crippen LogP contribution in [-0.4, -0.2) is 44.7 Å². The van der Waals surface area contributed by atoms with Crippen molar-refractivity contribution in [2.75, 3.05) is 13.1 Å². The minimum Gasteiger partial charge on any atom is -0.444 e. The molecular formula is C16H21BrN4O2. The summed E-state index contributed by atoms with van der Waals surface area (Å²) in [7, 11) is 0. The zero-order chi connectivity index (χ0) is 16.6. The summed E-state index contributed by atoms with van der Waals surface area (Å²) >= 11 is 3.45. The maximum Gasteiger partial charge on any atom is 0.410 e. The summed E-state index contributed by atoms with van der Waals surface area (Å²) in [4.78, 5) is 13.9. The van der Waals surface area contributed by atoms with Gasteiger partial charge in [-0.15, -0.1) is 5.10 Å². The van der Waals surface area contributed by atoms with Crippen LogP contribution in [0.4, 0.5) is 4.79 Å². The van der Waals surface area contributed by atoms with Gasteiger partial charge in [-0.1, -0.05) is 21.1 Å². The molecule has 1 amide bonds. The Labute approximate surface area is 143 Å². The maximum absolute atomic E-state index is 12.1. The van der Waals surface area contributed by atoms with Crippen molar-refractivity contribution in [2.45, 2.75) is 45.3 Å². The number of halogens is 1. The van der Waals surface area contributed by atoms with Gasteiger partial charge in [0.25, 0.3) is 0 Å². The molecule has 0 saturated carbocycles. The van der Waals surface area contributed by atoms with Crippen LogP contribution in [0.3, 0.4) is 0 Å². The van der Waals surface area contributed by atoms with E-state index in [4.69, 9.17) is 4.74 Å². The quantitative estimate of drug-likeness (QED) is 0.755. The highest BCUT2D eigenvalue weighted by Gasteiger charge is 2.28. The monoisotopic (exact) mass is 380 g/mol. The molecule has 1 aliphatic heterocycles. The fourth-order valence-electron chi connectivity index (χ4n) is 2.80. The molecule has 0 spiro atoms. The Kier molecular flexibility index (Phi) is 4.31. The lowest BCUT2D eigenvalue weighted by Crippen LogP contribution is -2.42. The second kappa shape index (κ2) is 6.11. The van der Waals surface area contributed by atoms with Crippen LogP contribution in [0.1, 0.15) is 39.7 Å². The van der Waals surface area contributed by atoms with Crippen LogP contribution in [0.5, 0.6) is 0 Å². The third-order valence-electron chi connectivity index (χ3n) is 3.90. The van der Waals surface area contributed by atoms with Gasteiger partial charge in [0.2, 0.25) is 0 Å². The van der Waals surface area contributed by atoms with Crippen LogP contribution in [0.25, 0.3) is 11.0 Å². The van der Waals surface area contributed by atoms with Gasteiger partial charge in [0, 0.05) is 17.6 Å². The molecule has 23 heavy (non-hydrogen) atoms. The smallest absolute Gasteiger partial charge is 0.410 e. The molecule has 1 saturated heterocycles. The molecule has 0 radical (unpaired) electrons. The summed E-state index contributed by atoms with van der Waals surface area (Å²) in [6.07, 6.45) is 1.48. The van der Waals surface area contributed by atoms with Crippen molar-refractivity contribution in [3.8, 4) is 0 Å². The van der Waals surface area contributed by atoms with Gasteiger partial charge < -0.3 is 9.64 Å². The fourth-order valence-corrected chi connectivity index (χ4v) is 3.15. The third kappa shape index (κ3) is 3.65. The fraction of sp³-hybridized carbons (Fsp3) is 0.562. The zero-order valence-corrected chi connectivity index (χ0v) is 15.2. The first-order valence-corrected chi connectivity index (χ1v) is 8.61. The molecule has 1 aromatic heterocycles. The lowest BCUT2D eigenvalue weighted by molar-refractivity contribution is 0.0185. The zero-order valence-electron chi connectivity index (χ0n) is 13.6. The van der Waals surface area contributed by atoms with E-state index in [9.17, 15) is 4.79 Å². The van der Waals surface area contributed by atoms with Crippen LogP contribution >= 0.6 is 15.9 Å². The SMILES string of the molecule is CC(C)(C)OC(=O)N1CCC(n2nnc3cc(Br)ccc32)CC1. The van der Waals surface area contributed by atoms with Crippen molar-refractivity contribution < 1.29 is 9.53 Å². The van der Waals surface area contributed by atoms with E-state index in [1.807, 2.05) is 43.7 Å². The number of aromatic nitrogens is 3. The third-order valence-corrected chi connectivity index (χ3v) is 4.39. The number of hydrogen-bond acceptors (Lipinski definition) is 4. The summed E-state index contributed by atoms with van der Waals surface area (Å²) in [5.41, 5.74) is 1.46. The van der Waals surface area contributed by atoms with Crippen molar-refractivity contribution in [2.24, 2.45) is 0 Å². The van der Waals surface area contributed by atoms with Crippen LogP contribution in [0.15, 0.2) is 22.7 Å². The Hall–Kier alpha value is -1.63. The van der Waals surface area contributed by atoms with Gasteiger partial charge in [-0.3, -0.25) is 0 Å². The molecule has 1 fully saturated rings. The van der Waals surface area contributed by atoms with Crippen LogP contribution < -0.4 is 0 Å². The van der Waals surface area contributed by atoms with Crippen LogP contribution in [-0.2, 0) is 4.74 Å². The minimum absolute atomic E-state index is 0.233. The Morgan fingerprint density at radius 2 is 2.00 bits per heavy atom. The van der Waals surface area contributed by atoms with Crippen molar-refractivity contribution in [1.29, 1.82) is 0 Å². The lowest BCUT2D eigenvalue weighted by Gasteiger charge is -2.33. The maximum atomic E-state index is 12.1. The van der Waals surface area contributed by atoms with E-state index in [2.05, 4.69) is 26.2 Å². The largest absolute Gasteiger partial charge is 0.444 e. The van der Waals surface area contributed by atoms with Crippen molar-refractivity contribution in [1.82, 2.24) is 19.9 Å². The van der Waals surface area contributed by atoms with Gasteiger partial charge >= 0.3 is 6.09 Å². The number of piperidine rings is 1. The van der Waals surface area contributed by atoms with E-state index >= 15 is 0 Å². The van der Waals surface area contributed by atoms with Gasteiger partial charge in [-0.05, 0) is 51.8 Å². The van der Waals surface area contributed by atoms with Crippen LogP contribution in [0.2, 0.25) is 0 Å². The van der Waals surface area contributed by atoms with E-state index in [-0.39, 0.29) is 12.1 Å². The topological polar surface area (TPSA) is 60.2 Å². The highest BCUT2D eigenvalue weighted by Crippen LogP contribution is 2.27. The molecule has 3 rings (SSSR count). The first-order valence-electron chi connectivity index (χ1n) is 7.82. The van der Waals surface area contributed by atoms with Gasteiger partial charge in [0.1, 0.15) is 11.1 Å². The summed E-state index contributed by atoms with van der Waals surface area (Å²) in [5.74, 6) is 0. The number of amides is 1. The molecule has 7 heteroatoms. The van der Waals surface area contributed by atoms with E-state index < -0.39 is 5.60 Å². The minimum atomic E-state index is -0.455. The number of nitrogens with zero attached hydrogens (tertiary/aromatic N) is 4. The summed E-state index contributed by atoms with van der Waals surface area (Å²) in [6, 6.07) is 6.26. The number of rotatable bonds is 1. The number of ether oxygens (including phenoxy) is 1. The molecule has 0 bridgehead atoms. The molecule has 0 unspecified atom stereocenters. The molecule has 0 aliphatic carbocycles. The summed E-state index contributed by atoms with van der Waals surface area (Å²) in [5, 5.41) is 8.54. The highest BCUT2D eigenvalue weighted by molar-refractivity contribution is 9.10. The standard InChI is InChI=1S/C16H21BrN4O2/c1-16(2,3)23-15(22)20-8-6-12(7-9-20)21-14-5-4-11(17)10-13(14)18-19-21/h4-5,10,12H,6-9H2,1-3H3. The van der Waals surface area contributed by atoms with E-state index in [1.165, 1.54) is 0 Å². The van der Waals surface area contributed by atoms with E-state index in [0.29, 0.717) is 13.1 Å². The number of carbonyl (C=O) groups is 1. The highest BCUT2D eigenvalue weighted by atomic mass is 79.9. The Morgan fingerprint density at radius 3 is 2.65 bits per heavy atom. The molecule has 2 aromatic rings. The van der Waals surface area contributed by atoms with Crippen LogP contribution in [0, 0.1) is 0 Å². The van der Waals surface area contributed by atoms with E-state index in [1.54, 1.807) is 4.90 Å². The molecule has 2 heterocycles. The van der Waals surface area contributed by atoms with Gasteiger partial charge in [0.05, 0.1) is 11.6 Å². The molecule has 6 nitrogen and oxygen atoms in total. The second-order valence-corrected chi connectivity index (χ2v) is 7.78. The van der Waals surface area contributed by atoms with E-state index in [0.717, 1.165) is 28.3 Å². The summed E-state index contributed by atoms with van der Waals surface area (Å²) in [6.45, 7) is 7.01. The molecule has 1 aliphatic rings. The average Bonchev–Trinajstić information content (AvgIpc) is 2.88. The van der Waals surface area contributed by atoms with Gasteiger partial charge in [0.15, 0.2) is 0 Å². The molecular weight excluding hydrogens is 360 g/mol. The predicted molar refractivity (Wildman–Crippen MR) is 91.3 cm³/mol. The number of benzene rings is 1. The van der Waals surface area contributed by atoms with Crippen molar-refractivity contribution in [3.05, 3.63) is 22.7 Å². The number of fused-ring (bicyclic) bond motifs is 1. The number of hydrogen-bond donors (Lipinski definition) is 0. The number of carbonyl (C=O) groups excluding carboxylic acids is 1. The van der Waals surface area contributed by atoms with Crippen molar-refractivity contribution >= 4 is 33.1 Å². The normalized spacial score (nSPS) is 16.8. The van der Waals surface area contributed by atoms with Gasteiger partial charge in [-0.2, -0.15) is 0 Å². The number of likely N-dealkylation sites (tertiary alicyclic amines) is 1. The molecule has 124 valence electrons. The molecule has 0 atom stereocenters. The Morgan fingerprint density at radius 1 is 1.30 bits per heavy atom. The predicted octanol–water partition coefficient (Wildman–Crippen LogP) is 3.77. The van der Waals surface area contributed by atoms with Gasteiger partial charge in [-0.25, -0.2) is 9.48 Å². The van der Waals surface area contributed by atoms with Crippen molar-refractivity contribution in [3.63, 3.8) is 0 Å².